The summed E-state index contributed by atoms with van der Waals surface area (Å²) in [6.07, 6.45) is 1.16. The van der Waals surface area contributed by atoms with Gasteiger partial charge in [-0.2, -0.15) is 0 Å². The highest BCUT2D eigenvalue weighted by Crippen LogP contribution is 2.29. The van der Waals surface area contributed by atoms with Gasteiger partial charge in [-0.05, 0) is 18.2 Å². The molecule has 0 bridgehead atoms. The van der Waals surface area contributed by atoms with E-state index in [1.807, 2.05) is 0 Å². The average Bonchev–Trinajstić information content (AvgIpc) is 2.34. The summed E-state index contributed by atoms with van der Waals surface area (Å²) in [4.78, 5) is 14.7. The smallest absolute Gasteiger partial charge is 0.338 e. The molecule has 1 aromatic carbocycles. The molecule has 0 radical (unpaired) electrons. The van der Waals surface area contributed by atoms with Gasteiger partial charge in [0.25, 0.3) is 0 Å². The second-order valence-corrected chi connectivity index (χ2v) is 4.00. The lowest BCUT2D eigenvalue weighted by molar-refractivity contribution is 0.0697. The maximum Gasteiger partial charge on any atom is 0.338 e. The first-order valence-corrected chi connectivity index (χ1v) is 5.47. The first-order valence-electron chi connectivity index (χ1n) is 5.09. The maximum atomic E-state index is 12.9. The summed E-state index contributed by atoms with van der Waals surface area (Å²) in [5.41, 5.74) is 5.34. The third-order valence-electron chi connectivity index (χ3n) is 2.25. The van der Waals surface area contributed by atoms with Crippen LogP contribution < -0.4 is 10.5 Å². The Labute approximate surface area is 112 Å². The molecule has 98 valence electrons. The summed E-state index contributed by atoms with van der Waals surface area (Å²) in [6, 6.07) is 4.72. The van der Waals surface area contributed by atoms with Crippen LogP contribution in [0, 0.1) is 5.82 Å². The molecule has 0 fully saturated rings. The molecule has 2 aromatic rings. The second-order valence-electron chi connectivity index (χ2n) is 3.59. The van der Waals surface area contributed by atoms with Crippen molar-refractivity contribution in [1.29, 1.82) is 0 Å². The zero-order chi connectivity index (χ0) is 14.0. The molecule has 7 heteroatoms. The Hall–Kier alpha value is -2.34. The van der Waals surface area contributed by atoms with E-state index in [9.17, 15) is 9.18 Å². The van der Waals surface area contributed by atoms with Crippen molar-refractivity contribution >= 4 is 23.3 Å². The van der Waals surface area contributed by atoms with Crippen molar-refractivity contribution in [2.45, 2.75) is 0 Å². The van der Waals surface area contributed by atoms with Gasteiger partial charge in [-0.15, -0.1) is 0 Å². The van der Waals surface area contributed by atoms with Gasteiger partial charge in [0.05, 0.1) is 22.5 Å². The van der Waals surface area contributed by atoms with Crippen LogP contribution in [-0.4, -0.2) is 16.1 Å². The van der Waals surface area contributed by atoms with E-state index in [1.165, 1.54) is 6.07 Å². The number of carboxylic acids is 1. The number of anilines is 1. The fraction of sp³-hybridized carbons (Fsp3) is 0. The molecule has 3 N–H and O–H groups in total. The lowest BCUT2D eigenvalue weighted by Crippen LogP contribution is -2.03. The monoisotopic (exact) mass is 282 g/mol. The number of nitrogens with zero attached hydrogens (tertiary/aromatic N) is 1. The molecule has 19 heavy (non-hydrogen) atoms. The van der Waals surface area contributed by atoms with Crippen LogP contribution in [-0.2, 0) is 0 Å². The number of nitrogen functional groups attached to an aromatic ring is 1. The Morgan fingerprint density at radius 2 is 2.16 bits per heavy atom. The van der Waals surface area contributed by atoms with E-state index in [0.717, 1.165) is 24.4 Å². The molecular weight excluding hydrogens is 275 g/mol. The van der Waals surface area contributed by atoms with Crippen LogP contribution in [0.3, 0.4) is 0 Å². The lowest BCUT2D eigenvalue weighted by Gasteiger charge is -2.08. The normalized spacial score (nSPS) is 10.2. The van der Waals surface area contributed by atoms with E-state index in [-0.39, 0.29) is 27.9 Å². The molecular formula is C12H8ClFN2O3. The van der Waals surface area contributed by atoms with Gasteiger partial charge in [0.2, 0.25) is 5.88 Å². The Bertz CT molecular complexity index is 649. The molecule has 0 unspecified atom stereocenters. The predicted octanol–water partition coefficient (Wildman–Crippen LogP) is 2.95. The summed E-state index contributed by atoms with van der Waals surface area (Å²) in [5.74, 6) is -1.54. The van der Waals surface area contributed by atoms with Crippen LogP contribution in [0.25, 0.3) is 0 Å². The SMILES string of the molecule is Nc1cnc(Oc2ccc(F)cc2Cl)cc1C(=O)O. The Morgan fingerprint density at radius 1 is 1.42 bits per heavy atom. The first-order chi connectivity index (χ1) is 8.97. The van der Waals surface area contributed by atoms with Crippen LogP contribution >= 0.6 is 11.6 Å². The number of ether oxygens (including phenoxy) is 1. The van der Waals surface area contributed by atoms with Gasteiger partial charge in [0.15, 0.2) is 0 Å². The summed E-state index contributed by atoms with van der Waals surface area (Å²) in [6.45, 7) is 0. The van der Waals surface area contributed by atoms with E-state index >= 15 is 0 Å². The Balaban J connectivity index is 2.33. The molecule has 0 amide bonds. The fourth-order valence-corrected chi connectivity index (χ4v) is 1.56. The third-order valence-corrected chi connectivity index (χ3v) is 2.54. The number of halogens is 2. The van der Waals surface area contributed by atoms with E-state index in [0.29, 0.717) is 0 Å². The van der Waals surface area contributed by atoms with Crippen LogP contribution in [0.1, 0.15) is 10.4 Å². The molecule has 0 saturated carbocycles. The molecule has 0 aliphatic heterocycles. The summed E-state index contributed by atoms with van der Waals surface area (Å²) >= 11 is 5.78. The highest BCUT2D eigenvalue weighted by Gasteiger charge is 2.12. The van der Waals surface area contributed by atoms with Gasteiger partial charge in [0, 0.05) is 6.07 Å². The number of rotatable bonds is 3. The minimum absolute atomic E-state index is 0.000100. The standard InChI is InChI=1S/C12H8ClFN2O3/c13-8-3-6(14)1-2-10(8)19-11-4-7(12(17)18)9(15)5-16-11/h1-5H,15H2,(H,17,18). The fourth-order valence-electron chi connectivity index (χ4n) is 1.36. The first kappa shape index (κ1) is 13.1. The largest absolute Gasteiger partial charge is 0.478 e. The molecule has 0 saturated heterocycles. The van der Waals surface area contributed by atoms with Crippen molar-refractivity contribution < 1.29 is 19.0 Å². The van der Waals surface area contributed by atoms with Crippen molar-refractivity contribution in [1.82, 2.24) is 4.98 Å². The van der Waals surface area contributed by atoms with E-state index in [4.69, 9.17) is 27.2 Å². The molecule has 0 aliphatic rings. The van der Waals surface area contributed by atoms with E-state index in [2.05, 4.69) is 4.98 Å². The molecule has 5 nitrogen and oxygen atoms in total. The number of benzene rings is 1. The van der Waals surface area contributed by atoms with Crippen molar-refractivity contribution in [3.8, 4) is 11.6 Å². The van der Waals surface area contributed by atoms with Gasteiger partial charge in [0.1, 0.15) is 11.6 Å². The number of nitrogens with two attached hydrogens (primary N) is 1. The van der Waals surface area contributed by atoms with Crippen molar-refractivity contribution in [2.24, 2.45) is 0 Å². The third kappa shape index (κ3) is 2.92. The molecule has 1 aromatic heterocycles. The van der Waals surface area contributed by atoms with Gasteiger partial charge >= 0.3 is 5.97 Å². The number of aromatic carboxylic acids is 1. The number of aromatic nitrogens is 1. The zero-order valence-corrected chi connectivity index (χ0v) is 10.2. The zero-order valence-electron chi connectivity index (χ0n) is 9.43. The summed E-state index contributed by atoms with van der Waals surface area (Å²) in [5, 5.41) is 8.96. The number of carbonyl (C=O) groups is 1. The minimum Gasteiger partial charge on any atom is -0.478 e. The molecule has 2 rings (SSSR count). The van der Waals surface area contributed by atoms with Crippen molar-refractivity contribution in [3.05, 3.63) is 46.9 Å². The van der Waals surface area contributed by atoms with Crippen LogP contribution in [0.15, 0.2) is 30.5 Å². The topological polar surface area (TPSA) is 85.4 Å². The maximum absolute atomic E-state index is 12.9. The highest BCUT2D eigenvalue weighted by molar-refractivity contribution is 6.32. The van der Waals surface area contributed by atoms with Crippen LogP contribution in [0.5, 0.6) is 11.6 Å². The summed E-state index contributed by atoms with van der Waals surface area (Å²) < 4.78 is 18.1. The number of carboxylic acid groups (broad SMARTS) is 1. The number of hydrogen-bond donors (Lipinski definition) is 2. The van der Waals surface area contributed by atoms with Crippen LogP contribution in [0.4, 0.5) is 10.1 Å². The minimum atomic E-state index is -1.20. The second kappa shape index (κ2) is 5.11. The summed E-state index contributed by atoms with van der Waals surface area (Å²) in [7, 11) is 0. The van der Waals surface area contributed by atoms with Crippen molar-refractivity contribution in [3.63, 3.8) is 0 Å². The molecule has 0 spiro atoms. The lowest BCUT2D eigenvalue weighted by atomic mass is 10.2. The Kier molecular flexibility index (Phi) is 3.52. The molecule has 0 aliphatic carbocycles. The van der Waals surface area contributed by atoms with E-state index < -0.39 is 11.8 Å². The Morgan fingerprint density at radius 3 is 2.79 bits per heavy atom. The van der Waals surface area contributed by atoms with Gasteiger partial charge in [-0.3, -0.25) is 0 Å². The van der Waals surface area contributed by atoms with Crippen LogP contribution in [0.2, 0.25) is 5.02 Å². The highest BCUT2D eigenvalue weighted by atomic mass is 35.5. The number of pyridine rings is 1. The average molecular weight is 283 g/mol. The van der Waals surface area contributed by atoms with Gasteiger partial charge in [-0.25, -0.2) is 14.2 Å². The molecule has 0 atom stereocenters. The van der Waals surface area contributed by atoms with Crippen molar-refractivity contribution in [2.75, 3.05) is 5.73 Å². The van der Waals surface area contributed by atoms with Gasteiger partial charge in [-0.1, -0.05) is 11.6 Å². The predicted molar refractivity (Wildman–Crippen MR) is 67.1 cm³/mol. The molecule has 1 heterocycles. The van der Waals surface area contributed by atoms with E-state index in [1.54, 1.807) is 0 Å². The quantitative estimate of drug-likeness (QED) is 0.904. The van der Waals surface area contributed by atoms with Gasteiger partial charge < -0.3 is 15.6 Å². The number of hydrogen-bond acceptors (Lipinski definition) is 4.